The number of fused-ring (bicyclic) bond motifs is 1. The molecule has 0 aliphatic rings. The molecule has 7 aromatic carbocycles. The summed E-state index contributed by atoms with van der Waals surface area (Å²) < 4.78 is 12.5. The minimum absolute atomic E-state index is 0. The molecule has 10 heteroatoms. The van der Waals surface area contributed by atoms with Gasteiger partial charge in [-0.2, -0.15) is 0 Å². The van der Waals surface area contributed by atoms with Gasteiger partial charge in [-0.25, -0.2) is 9.91 Å². The largest absolute Gasteiger partial charge is 0.0622 e. The van der Waals surface area contributed by atoms with Crippen molar-refractivity contribution >= 4 is 70.3 Å². The minimum atomic E-state index is -0.446. The van der Waals surface area contributed by atoms with Crippen LogP contribution in [0.15, 0.2) is 238 Å². The van der Waals surface area contributed by atoms with Crippen molar-refractivity contribution < 1.29 is 28.9 Å². The Hall–Kier alpha value is -6.20. The second-order valence-electron chi connectivity index (χ2n) is 12.7. The van der Waals surface area contributed by atoms with Crippen molar-refractivity contribution in [3.05, 3.63) is 241 Å². The first kappa shape index (κ1) is 44.9. The molecule has 0 fully saturated rings. The Morgan fingerprint density at radius 1 is 0.517 bits per heavy atom. The number of imidazole rings is 1. The number of nitrogens with zero attached hydrogens (tertiary/aromatic N) is 4. The molecule has 7 nitrogen and oxygen atoms in total. The Kier molecular flexibility index (Phi) is 18.0. The molecular weight excluding hydrogens is 957 g/mol. The molecule has 0 saturated heterocycles. The zero-order valence-electron chi connectivity index (χ0n) is 32.5. The molecule has 296 valence electrons. The molecule has 0 spiro atoms. The maximum Gasteiger partial charge on any atom is 0 e. The third-order valence-electron chi connectivity index (χ3n) is 8.59. The number of benzene rings is 7. The quantitative estimate of drug-likeness (QED) is 0.0498. The Morgan fingerprint density at radius 2 is 0.883 bits per heavy atom. The molecule has 9 aromatic rings. The van der Waals surface area contributed by atoms with Gasteiger partial charge in [0.2, 0.25) is 0 Å². The summed E-state index contributed by atoms with van der Waals surface area (Å²) in [6.45, 7) is 6.34. The van der Waals surface area contributed by atoms with E-state index in [1.165, 1.54) is 37.9 Å². The number of azo groups is 1. The topological polar surface area (TPSA) is 102 Å². The van der Waals surface area contributed by atoms with E-state index in [2.05, 4.69) is 209 Å². The Bertz CT molecular complexity index is 2410. The number of hydrogen-bond donors (Lipinski definition) is 0. The van der Waals surface area contributed by atoms with Crippen LogP contribution in [0, 0.1) is 13.6 Å². The van der Waals surface area contributed by atoms with E-state index in [1.54, 1.807) is 30.5 Å². The second-order valence-corrected chi connectivity index (χ2v) is 17.1. The van der Waals surface area contributed by atoms with Crippen LogP contribution < -0.4 is 42.4 Å². The van der Waals surface area contributed by atoms with Crippen molar-refractivity contribution in [2.45, 2.75) is 6.92 Å². The normalized spacial score (nSPS) is 10.3. The fourth-order valence-electron chi connectivity index (χ4n) is 6.00. The van der Waals surface area contributed by atoms with E-state index in [1.807, 2.05) is 6.92 Å². The van der Waals surface area contributed by atoms with Crippen LogP contribution in [0.2, 0.25) is 0 Å². The fraction of sp³-hybridized carbons (Fsp3) is 0.0200. The molecule has 2 heterocycles. The van der Waals surface area contributed by atoms with Gasteiger partial charge in [0.1, 0.15) is 5.58 Å². The Labute approximate surface area is 365 Å². The van der Waals surface area contributed by atoms with Crippen LogP contribution in [-0.4, -0.2) is 4.98 Å². The van der Waals surface area contributed by atoms with Gasteiger partial charge in [0, 0.05) is 37.2 Å². The minimum Gasteiger partial charge on any atom is -0.0622 e. The maximum atomic E-state index is 11.1. The van der Waals surface area contributed by atoms with E-state index in [9.17, 15) is 4.79 Å². The number of hydrogen-bond acceptors (Lipinski definition) is 5. The van der Waals surface area contributed by atoms with Crippen LogP contribution in [0.4, 0.5) is 11.6 Å². The van der Waals surface area contributed by atoms with Crippen LogP contribution in [0.25, 0.3) is 11.0 Å². The van der Waals surface area contributed by atoms with Crippen LogP contribution in [0.3, 0.4) is 0 Å². The van der Waals surface area contributed by atoms with Crippen LogP contribution >= 0.6 is 15.8 Å². The zero-order valence-corrected chi connectivity index (χ0v) is 36.9. The molecule has 60 heavy (non-hydrogen) atoms. The predicted octanol–water partition coefficient (Wildman–Crippen LogP) is 9.72. The predicted molar refractivity (Wildman–Crippen MR) is 243 cm³/mol. The van der Waals surface area contributed by atoms with Gasteiger partial charge in [-0.05, 0) is 90.8 Å². The smallest absolute Gasteiger partial charge is 0 e. The van der Waals surface area contributed by atoms with Crippen molar-refractivity contribution in [2.24, 2.45) is 10.2 Å². The van der Waals surface area contributed by atoms with E-state index in [-0.39, 0.29) is 25.4 Å². The molecule has 0 N–H and O–H groups in total. The second kappa shape index (κ2) is 24.0. The summed E-state index contributed by atoms with van der Waals surface area (Å²) in [6.07, 6.45) is 1.63. The van der Waals surface area contributed by atoms with E-state index < -0.39 is 15.8 Å². The van der Waals surface area contributed by atoms with Crippen LogP contribution in [-0.2, 0) is 24.4 Å². The molecule has 2 aromatic heterocycles. The van der Waals surface area contributed by atoms with Crippen molar-refractivity contribution in [1.29, 1.82) is 0 Å². The van der Waals surface area contributed by atoms with Gasteiger partial charge in [-0.3, -0.25) is 5.11 Å². The summed E-state index contributed by atoms with van der Waals surface area (Å²) in [7, 11) is -0.892. The summed E-state index contributed by atoms with van der Waals surface area (Å²) in [6, 6.07) is 72.9. The zero-order chi connectivity index (χ0) is 41.1. The average Bonchev–Trinajstić information content (AvgIpc) is 3.74. The van der Waals surface area contributed by atoms with Crippen molar-refractivity contribution in [3.63, 3.8) is 0 Å². The fourth-order valence-corrected chi connectivity index (χ4v) is 10.6. The summed E-state index contributed by atoms with van der Waals surface area (Å²) in [5.41, 5.74) is 1.59. The monoisotopic (exact) mass is 997 g/mol. The third-order valence-corrected chi connectivity index (χ3v) is 13.5. The molecule has 0 aliphatic heterocycles. The van der Waals surface area contributed by atoms with Crippen molar-refractivity contribution in [3.8, 4) is 0 Å². The molecule has 9 rings (SSSR count). The molecule has 0 bridgehead atoms. The molecule has 0 atom stereocenters. The van der Waals surface area contributed by atoms with E-state index in [4.69, 9.17) is 9.07 Å². The van der Waals surface area contributed by atoms with Gasteiger partial charge in [-0.15, -0.1) is 0 Å². The number of aromatic nitrogens is 2. The summed E-state index contributed by atoms with van der Waals surface area (Å²) in [4.78, 5) is 19.1. The van der Waals surface area contributed by atoms with E-state index in [0.29, 0.717) is 17.2 Å². The van der Waals surface area contributed by atoms with Gasteiger partial charge in [0.25, 0.3) is 0 Å². The molecular formula is C50H39N4O3OsP2-. The first-order chi connectivity index (χ1) is 29.1. The van der Waals surface area contributed by atoms with Crippen molar-refractivity contribution in [1.82, 2.24) is 9.97 Å². The molecule has 0 saturated carbocycles. The van der Waals surface area contributed by atoms with Crippen molar-refractivity contribution in [2.75, 3.05) is 0 Å². The Morgan fingerprint density at radius 3 is 1.22 bits per heavy atom. The Balaban J connectivity index is 0.000000166. The summed E-state index contributed by atoms with van der Waals surface area (Å²) in [5, 5.41) is 17.2. The van der Waals surface area contributed by atoms with E-state index in [0.717, 1.165) is 11.1 Å². The van der Waals surface area contributed by atoms with Gasteiger partial charge < -0.3 is 14.4 Å². The SMILES string of the molecule is Cc1c[n-]c(N=Nc2ccc3oc(=O)ccc3c2)n1.[C-]#[O+].[Os].c1ccc(P(c2ccccc2)c2ccccc2)cc1.c1ccc(P(c2ccccc2)c2ccccc2)cc1. The molecule has 0 amide bonds. The first-order valence-corrected chi connectivity index (χ1v) is 21.3. The van der Waals surface area contributed by atoms with Gasteiger partial charge in [0.05, 0.1) is 5.69 Å². The first-order valence-electron chi connectivity index (χ1n) is 18.6. The van der Waals surface area contributed by atoms with Gasteiger partial charge >= 0.3 is 16.9 Å². The standard InChI is InChI=1S/2C18H15P.C13H9N4O2.CO.Os/c2*1-4-10-16(11-5-1)19(17-12-6-2-7-13-17)18-14-8-3-9-15-18;1-8-7-14-13(15-8)17-16-10-3-4-11-9(6-10)2-5-12(18)19-11;1-2;/h2*1-15H;2-7H,1H3;;/q;;-1;;. The summed E-state index contributed by atoms with van der Waals surface area (Å²) in [5.74, 6) is 0.331. The maximum absolute atomic E-state index is 11.1. The number of rotatable bonds is 8. The molecule has 0 radical (unpaired) electrons. The third kappa shape index (κ3) is 12.9. The molecule has 0 unspecified atom stereocenters. The van der Waals surface area contributed by atoms with Crippen LogP contribution in [0.5, 0.6) is 0 Å². The summed E-state index contributed by atoms with van der Waals surface area (Å²) >= 11 is 0. The van der Waals surface area contributed by atoms with Gasteiger partial charge in [0.15, 0.2) is 0 Å². The van der Waals surface area contributed by atoms with E-state index >= 15 is 0 Å². The molecule has 0 aliphatic carbocycles. The van der Waals surface area contributed by atoms with Crippen LogP contribution in [0.1, 0.15) is 5.69 Å². The average molecular weight is 996 g/mol. The van der Waals surface area contributed by atoms with Gasteiger partial charge in [-0.1, -0.05) is 182 Å². The number of aryl methyl sites for hydroxylation is 1.